The van der Waals surface area contributed by atoms with Gasteiger partial charge in [0, 0.05) is 0 Å². The van der Waals surface area contributed by atoms with E-state index in [1.165, 1.54) is 32.1 Å². The first kappa shape index (κ1) is 9.55. The molecule has 0 heterocycles. The van der Waals surface area contributed by atoms with Crippen molar-refractivity contribution in [1.82, 2.24) is 0 Å². The van der Waals surface area contributed by atoms with Crippen LogP contribution < -0.4 is 0 Å². The van der Waals surface area contributed by atoms with Gasteiger partial charge in [0.25, 0.3) is 0 Å². The first-order chi connectivity index (χ1) is 6.18. The van der Waals surface area contributed by atoms with Gasteiger partial charge < -0.3 is 0 Å². The van der Waals surface area contributed by atoms with Gasteiger partial charge in [-0.3, -0.25) is 0 Å². The van der Waals surface area contributed by atoms with E-state index in [0.29, 0.717) is 0 Å². The molecule has 0 saturated heterocycles. The summed E-state index contributed by atoms with van der Waals surface area (Å²) < 4.78 is 0. The van der Waals surface area contributed by atoms with Crippen molar-refractivity contribution in [2.75, 3.05) is 0 Å². The summed E-state index contributed by atoms with van der Waals surface area (Å²) in [4.78, 5) is 0. The van der Waals surface area contributed by atoms with Crippen molar-refractivity contribution in [3.8, 4) is 0 Å². The van der Waals surface area contributed by atoms with Crippen molar-refractivity contribution in [2.24, 2.45) is 16.7 Å². The fraction of sp³-hybridized carbons (Fsp3) is 1.00. The monoisotopic (exact) mass is 180 g/mol. The minimum atomic E-state index is 0.801. The standard InChI is InChI=1S/C13H24/c1-4-6-7-8-13-9-11(5-2)12(13,3)10-13/h11H,4-10H2,1-3H3. The van der Waals surface area contributed by atoms with E-state index in [1.54, 1.807) is 12.8 Å². The molecular weight excluding hydrogens is 156 g/mol. The predicted octanol–water partition coefficient (Wildman–Crippen LogP) is 4.39. The van der Waals surface area contributed by atoms with E-state index in [-0.39, 0.29) is 0 Å². The van der Waals surface area contributed by atoms with Crippen molar-refractivity contribution < 1.29 is 0 Å². The lowest BCUT2D eigenvalue weighted by Gasteiger charge is -2.42. The third-order valence-corrected chi connectivity index (χ3v) is 5.08. The molecule has 0 heteroatoms. The molecule has 0 aromatic heterocycles. The number of unbranched alkanes of at least 4 members (excludes halogenated alkanes) is 2. The highest BCUT2D eigenvalue weighted by Crippen LogP contribution is 2.82. The second kappa shape index (κ2) is 3.00. The van der Waals surface area contributed by atoms with Crippen molar-refractivity contribution in [3.05, 3.63) is 0 Å². The van der Waals surface area contributed by atoms with Gasteiger partial charge >= 0.3 is 0 Å². The zero-order chi connectivity index (χ0) is 9.53. The molecule has 0 aromatic carbocycles. The molecule has 3 unspecified atom stereocenters. The van der Waals surface area contributed by atoms with Crippen LogP contribution in [0.5, 0.6) is 0 Å². The lowest BCUT2D eigenvalue weighted by molar-refractivity contribution is 0.0746. The molecule has 0 amide bonds. The van der Waals surface area contributed by atoms with Gasteiger partial charge in [0.1, 0.15) is 0 Å². The van der Waals surface area contributed by atoms with Crippen LogP contribution in [0.25, 0.3) is 0 Å². The molecule has 0 aromatic rings. The van der Waals surface area contributed by atoms with Gasteiger partial charge in [-0.25, -0.2) is 0 Å². The van der Waals surface area contributed by atoms with E-state index < -0.39 is 0 Å². The Labute approximate surface area is 83.1 Å². The van der Waals surface area contributed by atoms with Gasteiger partial charge in [0.2, 0.25) is 0 Å². The van der Waals surface area contributed by atoms with Crippen LogP contribution in [0.2, 0.25) is 0 Å². The lowest BCUT2D eigenvalue weighted by atomic mass is 9.63. The molecular formula is C13H24. The van der Waals surface area contributed by atoms with Crippen molar-refractivity contribution >= 4 is 0 Å². The van der Waals surface area contributed by atoms with E-state index in [9.17, 15) is 0 Å². The largest absolute Gasteiger partial charge is 0.0654 e. The molecule has 3 atom stereocenters. The summed E-state index contributed by atoms with van der Waals surface area (Å²) in [7, 11) is 0. The number of rotatable bonds is 5. The highest BCUT2D eigenvalue weighted by atomic mass is 14.8. The first-order valence-corrected chi connectivity index (χ1v) is 6.18. The minimum Gasteiger partial charge on any atom is -0.0654 e. The molecule has 0 aliphatic heterocycles. The average molecular weight is 180 g/mol. The van der Waals surface area contributed by atoms with E-state index in [1.807, 2.05) is 0 Å². The molecule has 0 spiro atoms. The maximum absolute atomic E-state index is 2.54. The Morgan fingerprint density at radius 2 is 2.00 bits per heavy atom. The van der Waals surface area contributed by atoms with Crippen LogP contribution in [0.3, 0.4) is 0 Å². The summed E-state index contributed by atoms with van der Waals surface area (Å²) in [6.45, 7) is 7.21. The van der Waals surface area contributed by atoms with Crippen molar-refractivity contribution in [3.63, 3.8) is 0 Å². The molecule has 0 radical (unpaired) electrons. The molecule has 2 aliphatic rings. The topological polar surface area (TPSA) is 0 Å². The fourth-order valence-electron chi connectivity index (χ4n) is 3.89. The van der Waals surface area contributed by atoms with Crippen LogP contribution in [-0.2, 0) is 0 Å². The zero-order valence-electron chi connectivity index (χ0n) is 9.53. The number of fused-ring (bicyclic) bond motifs is 1. The van der Waals surface area contributed by atoms with Crippen LogP contribution in [-0.4, -0.2) is 0 Å². The van der Waals surface area contributed by atoms with Crippen LogP contribution in [0.4, 0.5) is 0 Å². The van der Waals surface area contributed by atoms with E-state index in [2.05, 4.69) is 20.8 Å². The van der Waals surface area contributed by atoms with Crippen LogP contribution >= 0.6 is 0 Å². The Balaban J connectivity index is 1.78. The van der Waals surface area contributed by atoms with Crippen LogP contribution in [0.15, 0.2) is 0 Å². The normalized spacial score (nSPS) is 46.8. The molecule has 0 N–H and O–H groups in total. The van der Waals surface area contributed by atoms with Gasteiger partial charge in [0.15, 0.2) is 0 Å². The minimum absolute atomic E-state index is 0.801. The number of hydrogen-bond acceptors (Lipinski definition) is 0. The summed E-state index contributed by atoms with van der Waals surface area (Å²) >= 11 is 0. The van der Waals surface area contributed by atoms with E-state index in [0.717, 1.165) is 16.7 Å². The lowest BCUT2D eigenvalue weighted by Crippen LogP contribution is -2.33. The molecule has 2 rings (SSSR count). The highest BCUT2D eigenvalue weighted by molar-refractivity contribution is 5.23. The Morgan fingerprint density at radius 1 is 1.23 bits per heavy atom. The van der Waals surface area contributed by atoms with E-state index >= 15 is 0 Å². The average Bonchev–Trinajstić information content (AvgIpc) is 2.56. The van der Waals surface area contributed by atoms with Gasteiger partial charge in [-0.1, -0.05) is 46.5 Å². The molecule has 2 aliphatic carbocycles. The van der Waals surface area contributed by atoms with E-state index in [4.69, 9.17) is 0 Å². The summed E-state index contributed by atoms with van der Waals surface area (Å²) in [5.41, 5.74) is 1.65. The molecule has 2 saturated carbocycles. The summed E-state index contributed by atoms with van der Waals surface area (Å²) in [5, 5.41) is 0. The summed E-state index contributed by atoms with van der Waals surface area (Å²) in [6.07, 6.45) is 10.4. The molecule has 76 valence electrons. The molecule has 0 bridgehead atoms. The van der Waals surface area contributed by atoms with Crippen LogP contribution in [0, 0.1) is 16.7 Å². The van der Waals surface area contributed by atoms with Crippen LogP contribution in [0.1, 0.15) is 65.7 Å². The quantitative estimate of drug-likeness (QED) is 0.550. The zero-order valence-corrected chi connectivity index (χ0v) is 9.53. The maximum Gasteiger partial charge on any atom is -0.0232 e. The second-order valence-electron chi connectivity index (χ2n) is 5.64. The predicted molar refractivity (Wildman–Crippen MR) is 57.7 cm³/mol. The highest BCUT2D eigenvalue weighted by Gasteiger charge is 2.74. The molecule has 2 fully saturated rings. The maximum atomic E-state index is 2.54. The van der Waals surface area contributed by atoms with Gasteiger partial charge in [0.05, 0.1) is 0 Å². The summed E-state index contributed by atoms with van der Waals surface area (Å²) in [5.74, 6) is 1.08. The van der Waals surface area contributed by atoms with Crippen molar-refractivity contribution in [2.45, 2.75) is 65.7 Å². The van der Waals surface area contributed by atoms with Gasteiger partial charge in [-0.15, -0.1) is 0 Å². The second-order valence-corrected chi connectivity index (χ2v) is 5.64. The third kappa shape index (κ3) is 1.17. The summed E-state index contributed by atoms with van der Waals surface area (Å²) in [6, 6.07) is 0. The number of hydrogen-bond donors (Lipinski definition) is 0. The Hall–Kier alpha value is 0. The van der Waals surface area contributed by atoms with Gasteiger partial charge in [-0.05, 0) is 36.0 Å². The first-order valence-electron chi connectivity index (χ1n) is 6.18. The smallest absolute Gasteiger partial charge is 0.0232 e. The Bertz CT molecular complexity index is 196. The Kier molecular flexibility index (Phi) is 2.20. The van der Waals surface area contributed by atoms with Gasteiger partial charge in [-0.2, -0.15) is 0 Å². The third-order valence-electron chi connectivity index (χ3n) is 5.08. The van der Waals surface area contributed by atoms with Crippen molar-refractivity contribution in [1.29, 1.82) is 0 Å². The molecule has 0 nitrogen and oxygen atoms in total. The SMILES string of the molecule is CCCCCC12CC(CC)C1(C)C2. The fourth-order valence-corrected chi connectivity index (χ4v) is 3.89. The molecule has 13 heavy (non-hydrogen) atoms. The Morgan fingerprint density at radius 3 is 2.54 bits per heavy atom.